The van der Waals surface area contributed by atoms with E-state index in [0.717, 1.165) is 0 Å². The number of carbonyl (C=O) groups is 4. The van der Waals surface area contributed by atoms with Crippen LogP contribution < -0.4 is 14.5 Å². The van der Waals surface area contributed by atoms with Crippen LogP contribution >= 0.6 is 0 Å². The zero-order chi connectivity index (χ0) is 31.3. The van der Waals surface area contributed by atoms with Gasteiger partial charge in [-0.25, -0.2) is 14.4 Å². The maximum atomic E-state index is 13.3. The van der Waals surface area contributed by atoms with E-state index in [0.29, 0.717) is 23.3 Å². The molecule has 13 nitrogen and oxygen atoms in total. The van der Waals surface area contributed by atoms with Crippen LogP contribution in [0.1, 0.15) is 82.1 Å². The molecule has 228 valence electrons. The number of rotatable bonds is 8. The summed E-state index contributed by atoms with van der Waals surface area (Å²) in [5, 5.41) is 0. The number of nitrogens with zero attached hydrogens (tertiary/aromatic N) is 4. The van der Waals surface area contributed by atoms with Crippen LogP contribution in [0.2, 0.25) is 0 Å². The third kappa shape index (κ3) is 11.6. The van der Waals surface area contributed by atoms with Crippen molar-refractivity contribution in [1.82, 2.24) is 9.97 Å². The Kier molecular flexibility index (Phi) is 10.3. The maximum absolute atomic E-state index is 13.3. The molecule has 0 N–H and O–H groups in total. The molecule has 3 amide bonds. The molecule has 1 aromatic rings. The highest BCUT2D eigenvalue weighted by Gasteiger charge is 2.40. The van der Waals surface area contributed by atoms with Gasteiger partial charge in [-0.3, -0.25) is 9.69 Å². The molecule has 0 saturated heterocycles. The fraction of sp³-hybridized carbons (Fsp3) is 0.643. The highest BCUT2D eigenvalue weighted by molar-refractivity contribution is 6.08. The molecule has 0 atom stereocenters. The van der Waals surface area contributed by atoms with Gasteiger partial charge in [0.15, 0.2) is 0 Å². The second kappa shape index (κ2) is 12.7. The Morgan fingerprint density at radius 1 is 0.829 bits per heavy atom. The zero-order valence-electron chi connectivity index (χ0n) is 25.7. The SMILES string of the molecule is C=C(COC(C)=O)COc1cc(N(C(=O)OC(C)(C)C)C2CC2)nc(N(C(=O)OC(C)(C)C)C(=O)OC(C)(C)C)n1. The molecule has 1 saturated carbocycles. The lowest BCUT2D eigenvalue weighted by Crippen LogP contribution is -2.45. The van der Waals surface area contributed by atoms with Gasteiger partial charge in [0.05, 0.1) is 0 Å². The van der Waals surface area contributed by atoms with Gasteiger partial charge in [0, 0.05) is 19.0 Å². The van der Waals surface area contributed by atoms with Crippen LogP contribution in [0.3, 0.4) is 0 Å². The molecule has 0 aliphatic heterocycles. The Balaban J connectivity index is 2.62. The van der Waals surface area contributed by atoms with Crippen LogP contribution in [-0.4, -0.2) is 70.3 Å². The smallest absolute Gasteiger partial charge is 0.427 e. The lowest BCUT2D eigenvalue weighted by Gasteiger charge is -2.29. The van der Waals surface area contributed by atoms with Crippen molar-refractivity contribution < 1.29 is 42.9 Å². The summed E-state index contributed by atoms with van der Waals surface area (Å²) in [4.78, 5) is 61.5. The lowest BCUT2D eigenvalue weighted by molar-refractivity contribution is -0.140. The van der Waals surface area contributed by atoms with E-state index in [4.69, 9.17) is 23.7 Å². The van der Waals surface area contributed by atoms with Crippen molar-refractivity contribution in [2.45, 2.75) is 105 Å². The molecule has 0 radical (unpaired) electrons. The number of esters is 1. The van der Waals surface area contributed by atoms with Gasteiger partial charge in [0.1, 0.15) is 35.8 Å². The molecule has 1 aliphatic carbocycles. The molecular weight excluding hydrogens is 536 g/mol. The minimum absolute atomic E-state index is 0.0319. The molecular formula is C28H42N4O9. The number of hydrogen-bond donors (Lipinski definition) is 0. The molecule has 1 aromatic heterocycles. The van der Waals surface area contributed by atoms with Gasteiger partial charge in [0.2, 0.25) is 11.8 Å². The van der Waals surface area contributed by atoms with Gasteiger partial charge < -0.3 is 23.7 Å². The normalized spacial score (nSPS) is 13.5. The van der Waals surface area contributed by atoms with Gasteiger partial charge >= 0.3 is 24.2 Å². The molecule has 1 aliphatic rings. The van der Waals surface area contributed by atoms with Crippen molar-refractivity contribution in [3.8, 4) is 5.88 Å². The second-order valence-electron chi connectivity index (χ2n) is 12.6. The number of amides is 3. The van der Waals surface area contributed by atoms with E-state index in [-0.39, 0.29) is 31.0 Å². The van der Waals surface area contributed by atoms with Crippen molar-refractivity contribution >= 4 is 36.0 Å². The van der Waals surface area contributed by atoms with Crippen LogP contribution in [0.4, 0.5) is 26.1 Å². The first-order valence-corrected chi connectivity index (χ1v) is 13.3. The Morgan fingerprint density at radius 3 is 1.76 bits per heavy atom. The van der Waals surface area contributed by atoms with E-state index in [1.165, 1.54) is 17.9 Å². The van der Waals surface area contributed by atoms with Gasteiger partial charge in [0.25, 0.3) is 0 Å². The summed E-state index contributed by atoms with van der Waals surface area (Å²) < 4.78 is 27.2. The number of imide groups is 1. The molecule has 2 rings (SSSR count). The van der Waals surface area contributed by atoms with Crippen molar-refractivity contribution in [2.75, 3.05) is 23.0 Å². The second-order valence-corrected chi connectivity index (χ2v) is 12.6. The standard InChI is InChI=1S/C28H42N4O9/c1-17(15-37-18(2)33)16-38-21-14-20(31(19-12-13-19)23(34)39-26(3,4)5)29-22(30-21)32(24(35)40-27(6,7)8)25(36)41-28(9,10)11/h14,19H,1,12-13,15-16H2,2-11H3. The van der Waals surface area contributed by atoms with E-state index in [1.807, 2.05) is 0 Å². The zero-order valence-corrected chi connectivity index (χ0v) is 25.7. The first-order chi connectivity index (χ1) is 18.6. The van der Waals surface area contributed by atoms with Crippen molar-refractivity contribution in [1.29, 1.82) is 0 Å². The van der Waals surface area contributed by atoms with E-state index >= 15 is 0 Å². The van der Waals surface area contributed by atoms with E-state index in [1.54, 1.807) is 62.3 Å². The summed E-state index contributed by atoms with van der Waals surface area (Å²) in [5.74, 6) is -0.994. The van der Waals surface area contributed by atoms with E-state index in [2.05, 4.69) is 16.5 Å². The van der Waals surface area contributed by atoms with Gasteiger partial charge in [-0.1, -0.05) is 6.58 Å². The fourth-order valence-corrected chi connectivity index (χ4v) is 3.05. The summed E-state index contributed by atoms with van der Waals surface area (Å²) in [5.41, 5.74) is -2.34. The first kappa shape index (κ1) is 33.3. The third-order valence-corrected chi connectivity index (χ3v) is 4.68. The number of anilines is 2. The van der Waals surface area contributed by atoms with Crippen molar-refractivity contribution in [2.24, 2.45) is 0 Å². The van der Waals surface area contributed by atoms with Gasteiger partial charge in [-0.2, -0.15) is 9.97 Å². The van der Waals surface area contributed by atoms with Crippen LogP contribution in [0.15, 0.2) is 18.2 Å². The van der Waals surface area contributed by atoms with Crippen LogP contribution in [0.5, 0.6) is 5.88 Å². The minimum atomic E-state index is -1.09. The monoisotopic (exact) mass is 578 g/mol. The highest BCUT2D eigenvalue weighted by atomic mass is 16.6. The van der Waals surface area contributed by atoms with Crippen LogP contribution in [-0.2, 0) is 23.7 Å². The van der Waals surface area contributed by atoms with Crippen molar-refractivity contribution in [3.63, 3.8) is 0 Å². The van der Waals surface area contributed by atoms with Crippen LogP contribution in [0.25, 0.3) is 0 Å². The van der Waals surface area contributed by atoms with Crippen molar-refractivity contribution in [3.05, 3.63) is 18.2 Å². The minimum Gasteiger partial charge on any atom is -0.473 e. The molecule has 0 unspecified atom stereocenters. The molecule has 0 spiro atoms. The molecule has 1 fully saturated rings. The highest BCUT2D eigenvalue weighted by Crippen LogP contribution is 2.35. The fourth-order valence-electron chi connectivity index (χ4n) is 3.05. The van der Waals surface area contributed by atoms with Gasteiger partial charge in [-0.05, 0) is 80.7 Å². The molecule has 41 heavy (non-hydrogen) atoms. The lowest BCUT2D eigenvalue weighted by atomic mass is 10.2. The third-order valence-electron chi connectivity index (χ3n) is 4.68. The average Bonchev–Trinajstić information content (AvgIpc) is 3.57. The number of ether oxygens (including phenoxy) is 5. The molecule has 13 heteroatoms. The summed E-state index contributed by atoms with van der Waals surface area (Å²) in [6.07, 6.45) is -1.48. The molecule has 0 aromatic carbocycles. The summed E-state index contributed by atoms with van der Waals surface area (Å²) in [6.45, 7) is 19.9. The van der Waals surface area contributed by atoms with Gasteiger partial charge in [-0.15, -0.1) is 4.90 Å². The Morgan fingerprint density at radius 2 is 1.32 bits per heavy atom. The summed E-state index contributed by atoms with van der Waals surface area (Å²) >= 11 is 0. The summed E-state index contributed by atoms with van der Waals surface area (Å²) in [7, 11) is 0. The maximum Gasteiger partial charge on any atom is 0.427 e. The predicted molar refractivity (Wildman–Crippen MR) is 150 cm³/mol. The number of carbonyl (C=O) groups excluding carboxylic acids is 4. The largest absolute Gasteiger partial charge is 0.473 e. The number of aromatic nitrogens is 2. The van der Waals surface area contributed by atoms with Crippen LogP contribution in [0, 0.1) is 0 Å². The quantitative estimate of drug-likeness (QED) is 0.217. The predicted octanol–water partition coefficient (Wildman–Crippen LogP) is 5.56. The number of hydrogen-bond acceptors (Lipinski definition) is 11. The molecule has 1 heterocycles. The Hall–Kier alpha value is -3.90. The average molecular weight is 579 g/mol. The Bertz CT molecular complexity index is 1130. The molecule has 0 bridgehead atoms. The summed E-state index contributed by atoms with van der Waals surface area (Å²) in [6, 6.07) is 1.16. The van der Waals surface area contributed by atoms with E-state index < -0.39 is 47.0 Å². The van der Waals surface area contributed by atoms with E-state index in [9.17, 15) is 19.2 Å². The first-order valence-electron chi connectivity index (χ1n) is 13.3. The Labute approximate surface area is 241 Å². The topological polar surface area (TPSA) is 147 Å².